The largest absolute Gasteiger partial charge is 0.423 e. The van der Waals surface area contributed by atoms with Crippen LogP contribution >= 0.6 is 11.8 Å². The highest BCUT2D eigenvalue weighted by atomic mass is 32.2. The molecule has 0 bridgehead atoms. The molecule has 0 radical (unpaired) electrons. The lowest BCUT2D eigenvalue weighted by atomic mass is 9.93. The molecule has 0 aromatic heterocycles. The fraction of sp³-hybridized carbons (Fsp3) is 0.278. The molecule has 1 amide bonds. The van der Waals surface area contributed by atoms with Gasteiger partial charge >= 0.3 is 6.18 Å². The predicted molar refractivity (Wildman–Crippen MR) is 92.0 cm³/mol. The molecule has 2 rings (SSSR count). The number of rotatable bonds is 7. The quantitative estimate of drug-likeness (QED) is 0.786. The number of benzene rings is 2. The van der Waals surface area contributed by atoms with Crippen LogP contribution < -0.4 is 5.32 Å². The number of thioether (sulfide) groups is 1. The first kappa shape index (κ1) is 19.3. The standard InChI is InChI=1S/C18H18F3NO2S/c19-18(20,21)17(24,15-9-5-2-6-10-15)13-22-16(23)12-25-11-14-7-3-1-4-8-14/h1-10,24H,11-13H2,(H,22,23). The molecular formula is C18H18F3NO2S. The second-order valence-corrected chi connectivity index (χ2v) is 6.46. The van der Waals surface area contributed by atoms with Gasteiger partial charge in [0.2, 0.25) is 11.5 Å². The monoisotopic (exact) mass is 369 g/mol. The van der Waals surface area contributed by atoms with Crippen molar-refractivity contribution in [3.8, 4) is 0 Å². The molecule has 2 N–H and O–H groups in total. The van der Waals surface area contributed by atoms with Crippen LogP contribution in [0.25, 0.3) is 0 Å². The van der Waals surface area contributed by atoms with E-state index in [-0.39, 0.29) is 11.3 Å². The van der Waals surface area contributed by atoms with Gasteiger partial charge in [0, 0.05) is 5.75 Å². The minimum Gasteiger partial charge on any atom is -0.375 e. The van der Waals surface area contributed by atoms with E-state index in [9.17, 15) is 23.1 Å². The first-order valence-corrected chi connectivity index (χ1v) is 8.71. The van der Waals surface area contributed by atoms with Crippen molar-refractivity contribution < 1.29 is 23.1 Å². The highest BCUT2D eigenvalue weighted by molar-refractivity contribution is 7.99. The first-order valence-electron chi connectivity index (χ1n) is 7.56. The number of aliphatic hydroxyl groups is 1. The van der Waals surface area contributed by atoms with Gasteiger partial charge in [-0.05, 0) is 11.1 Å². The van der Waals surface area contributed by atoms with Crippen molar-refractivity contribution in [2.24, 2.45) is 0 Å². The van der Waals surface area contributed by atoms with Gasteiger partial charge < -0.3 is 10.4 Å². The van der Waals surface area contributed by atoms with Crippen LogP contribution in [0.4, 0.5) is 13.2 Å². The number of nitrogens with one attached hydrogen (secondary N) is 1. The number of halogens is 3. The summed E-state index contributed by atoms with van der Waals surface area (Å²) in [7, 11) is 0. The Morgan fingerprint density at radius 3 is 2.12 bits per heavy atom. The summed E-state index contributed by atoms with van der Waals surface area (Å²) >= 11 is 1.29. The van der Waals surface area contributed by atoms with Crippen molar-refractivity contribution in [1.29, 1.82) is 0 Å². The van der Waals surface area contributed by atoms with Crippen LogP contribution in [0.5, 0.6) is 0 Å². The molecule has 134 valence electrons. The summed E-state index contributed by atoms with van der Waals surface area (Å²) in [6.07, 6.45) is -4.90. The topological polar surface area (TPSA) is 49.3 Å². The maximum Gasteiger partial charge on any atom is 0.423 e. The maximum atomic E-state index is 13.3. The lowest BCUT2D eigenvalue weighted by Gasteiger charge is -2.31. The second kappa shape index (κ2) is 8.40. The summed E-state index contributed by atoms with van der Waals surface area (Å²) in [5.74, 6) is 0.0354. The van der Waals surface area contributed by atoms with Crippen molar-refractivity contribution in [1.82, 2.24) is 5.32 Å². The zero-order valence-electron chi connectivity index (χ0n) is 13.3. The van der Waals surface area contributed by atoms with E-state index in [4.69, 9.17) is 0 Å². The summed E-state index contributed by atoms with van der Waals surface area (Å²) in [5.41, 5.74) is -2.40. The van der Waals surface area contributed by atoms with Gasteiger partial charge in [-0.3, -0.25) is 4.79 Å². The van der Waals surface area contributed by atoms with Crippen molar-refractivity contribution in [3.05, 3.63) is 71.8 Å². The fourth-order valence-electron chi connectivity index (χ4n) is 2.19. The van der Waals surface area contributed by atoms with Gasteiger partial charge in [-0.25, -0.2) is 0 Å². The highest BCUT2D eigenvalue weighted by Crippen LogP contribution is 2.38. The van der Waals surface area contributed by atoms with Crippen molar-refractivity contribution >= 4 is 17.7 Å². The first-order chi connectivity index (χ1) is 11.8. The van der Waals surface area contributed by atoms with Crippen LogP contribution in [0, 0.1) is 0 Å². The van der Waals surface area contributed by atoms with E-state index in [1.807, 2.05) is 30.3 Å². The fourth-order valence-corrected chi connectivity index (χ4v) is 3.01. The van der Waals surface area contributed by atoms with E-state index < -0.39 is 24.2 Å². The van der Waals surface area contributed by atoms with Crippen LogP contribution in [0.3, 0.4) is 0 Å². The van der Waals surface area contributed by atoms with E-state index >= 15 is 0 Å². The Morgan fingerprint density at radius 2 is 1.56 bits per heavy atom. The molecule has 0 aliphatic rings. The molecule has 0 aliphatic heterocycles. The zero-order chi connectivity index (χ0) is 18.3. The van der Waals surface area contributed by atoms with Crippen LogP contribution in [0.2, 0.25) is 0 Å². The Bertz CT molecular complexity index is 680. The van der Waals surface area contributed by atoms with Crippen LogP contribution in [-0.2, 0) is 16.1 Å². The van der Waals surface area contributed by atoms with Gasteiger partial charge in [0.1, 0.15) is 0 Å². The minimum atomic E-state index is -4.90. The molecule has 0 aliphatic carbocycles. The van der Waals surface area contributed by atoms with Gasteiger partial charge in [0.15, 0.2) is 0 Å². The van der Waals surface area contributed by atoms with Crippen molar-refractivity contribution in [2.45, 2.75) is 17.5 Å². The maximum absolute atomic E-state index is 13.3. The van der Waals surface area contributed by atoms with E-state index in [1.54, 1.807) is 6.07 Å². The van der Waals surface area contributed by atoms with E-state index in [0.29, 0.717) is 5.75 Å². The number of amides is 1. The Hall–Kier alpha value is -1.99. The summed E-state index contributed by atoms with van der Waals surface area (Å²) in [6.45, 7) is -0.925. The summed E-state index contributed by atoms with van der Waals surface area (Å²) in [5, 5.41) is 12.3. The Morgan fingerprint density at radius 1 is 1.00 bits per heavy atom. The number of hydrogen-bond donors (Lipinski definition) is 2. The Labute approximate surface area is 148 Å². The summed E-state index contributed by atoms with van der Waals surface area (Å²) in [4.78, 5) is 11.8. The molecule has 1 unspecified atom stereocenters. The predicted octanol–water partition coefficient (Wildman–Crippen LogP) is 3.49. The van der Waals surface area contributed by atoms with Crippen molar-refractivity contribution in [2.75, 3.05) is 12.3 Å². The molecule has 25 heavy (non-hydrogen) atoms. The van der Waals surface area contributed by atoms with Gasteiger partial charge in [-0.2, -0.15) is 13.2 Å². The number of carbonyl (C=O) groups excluding carboxylic acids is 1. The highest BCUT2D eigenvalue weighted by Gasteiger charge is 2.55. The third-order valence-electron chi connectivity index (χ3n) is 3.61. The van der Waals surface area contributed by atoms with Gasteiger partial charge in [0.05, 0.1) is 12.3 Å². The third-order valence-corrected chi connectivity index (χ3v) is 4.61. The number of carbonyl (C=O) groups is 1. The van der Waals surface area contributed by atoms with E-state index in [2.05, 4.69) is 5.32 Å². The van der Waals surface area contributed by atoms with Gasteiger partial charge in [-0.1, -0.05) is 60.7 Å². The SMILES string of the molecule is O=C(CSCc1ccccc1)NCC(O)(c1ccccc1)C(F)(F)F. The number of hydrogen-bond acceptors (Lipinski definition) is 3. The third kappa shape index (κ3) is 5.24. The zero-order valence-corrected chi connectivity index (χ0v) is 14.1. The lowest BCUT2D eigenvalue weighted by Crippen LogP contribution is -2.51. The molecule has 0 fully saturated rings. The van der Waals surface area contributed by atoms with Crippen LogP contribution in [-0.4, -0.2) is 29.5 Å². The van der Waals surface area contributed by atoms with E-state index in [1.165, 1.54) is 36.0 Å². The van der Waals surface area contributed by atoms with Crippen LogP contribution in [0.1, 0.15) is 11.1 Å². The average molecular weight is 369 g/mol. The molecule has 0 heterocycles. The molecule has 0 saturated carbocycles. The molecule has 2 aromatic carbocycles. The molecule has 7 heteroatoms. The van der Waals surface area contributed by atoms with Crippen LogP contribution in [0.15, 0.2) is 60.7 Å². The summed E-state index contributed by atoms with van der Waals surface area (Å²) < 4.78 is 39.9. The lowest BCUT2D eigenvalue weighted by molar-refractivity contribution is -0.264. The second-order valence-electron chi connectivity index (χ2n) is 5.48. The molecule has 2 aromatic rings. The molecule has 0 spiro atoms. The Balaban J connectivity index is 1.91. The molecule has 0 saturated heterocycles. The smallest absolute Gasteiger partial charge is 0.375 e. The number of alkyl halides is 3. The van der Waals surface area contributed by atoms with Gasteiger partial charge in [-0.15, -0.1) is 11.8 Å². The molecular weight excluding hydrogens is 351 g/mol. The summed E-state index contributed by atoms with van der Waals surface area (Å²) in [6, 6.07) is 16.2. The average Bonchev–Trinajstić information content (AvgIpc) is 2.60. The normalized spacial score (nSPS) is 13.9. The molecule has 3 nitrogen and oxygen atoms in total. The Kier molecular flexibility index (Phi) is 6.50. The van der Waals surface area contributed by atoms with Crippen molar-refractivity contribution in [3.63, 3.8) is 0 Å². The van der Waals surface area contributed by atoms with E-state index in [0.717, 1.165) is 5.56 Å². The van der Waals surface area contributed by atoms with Gasteiger partial charge in [0.25, 0.3) is 0 Å². The molecule has 1 atom stereocenters. The minimum absolute atomic E-state index is 0.0115.